The molecule has 2 rings (SSSR count). The first-order valence-corrected chi connectivity index (χ1v) is 7.84. The maximum Gasteiger partial charge on any atom is 0.311 e. The minimum atomic E-state index is -0.233. The van der Waals surface area contributed by atoms with E-state index in [4.69, 9.17) is 16.3 Å². The molecule has 0 heterocycles. The van der Waals surface area contributed by atoms with E-state index >= 15 is 0 Å². The normalized spacial score (nSPS) is 10.5. The molecule has 0 aliphatic heterocycles. The lowest BCUT2D eigenvalue weighted by molar-refractivity contribution is -0.134. The summed E-state index contributed by atoms with van der Waals surface area (Å²) in [5.41, 5.74) is 2.92. The van der Waals surface area contributed by atoms with Gasteiger partial charge in [-0.2, -0.15) is 0 Å². The van der Waals surface area contributed by atoms with E-state index < -0.39 is 0 Å². The van der Waals surface area contributed by atoms with Crippen molar-refractivity contribution >= 4 is 33.5 Å². The van der Waals surface area contributed by atoms with E-state index in [0.717, 1.165) is 21.2 Å². The number of rotatable bonds is 4. The molecule has 0 bridgehead atoms. The molecular formula is C17H16BrClO2. The molecule has 0 amide bonds. The number of carbonyl (C=O) groups is 1. The molecule has 21 heavy (non-hydrogen) atoms. The Bertz CT molecular complexity index is 645. The molecule has 0 saturated carbocycles. The molecule has 2 nitrogen and oxygen atoms in total. The van der Waals surface area contributed by atoms with Gasteiger partial charge in [-0.3, -0.25) is 4.79 Å². The van der Waals surface area contributed by atoms with Crippen LogP contribution in [0.15, 0.2) is 40.9 Å². The van der Waals surface area contributed by atoms with Crippen LogP contribution < -0.4 is 4.74 Å². The van der Waals surface area contributed by atoms with Crippen molar-refractivity contribution in [3.05, 3.63) is 62.6 Å². The minimum Gasteiger partial charge on any atom is -0.426 e. The maximum absolute atomic E-state index is 12.0. The summed E-state index contributed by atoms with van der Waals surface area (Å²) in [6.07, 6.45) is 0.948. The van der Waals surface area contributed by atoms with Gasteiger partial charge in [0.1, 0.15) is 5.75 Å². The van der Waals surface area contributed by atoms with Crippen molar-refractivity contribution in [2.75, 3.05) is 0 Å². The van der Waals surface area contributed by atoms with Gasteiger partial charge < -0.3 is 4.74 Å². The van der Waals surface area contributed by atoms with Crippen molar-refractivity contribution < 1.29 is 9.53 Å². The number of carbonyl (C=O) groups excluding carboxylic acids is 1. The van der Waals surface area contributed by atoms with Crippen LogP contribution in [0, 0.1) is 13.8 Å². The van der Waals surface area contributed by atoms with Crippen LogP contribution in [0.2, 0.25) is 5.02 Å². The lowest BCUT2D eigenvalue weighted by Gasteiger charge is -2.11. The molecule has 0 fully saturated rings. The SMILES string of the molecule is Cc1cc(Br)cc(C)c1OC(=O)CCc1cccc(Cl)c1. The second-order valence-corrected chi connectivity index (χ2v) is 6.32. The Kier molecular flexibility index (Phi) is 5.43. The van der Waals surface area contributed by atoms with E-state index in [1.807, 2.05) is 50.2 Å². The third kappa shape index (κ3) is 4.58. The molecule has 0 aliphatic rings. The first-order valence-electron chi connectivity index (χ1n) is 6.67. The summed E-state index contributed by atoms with van der Waals surface area (Å²) in [4.78, 5) is 12.0. The molecule has 110 valence electrons. The van der Waals surface area contributed by atoms with Crippen molar-refractivity contribution in [2.24, 2.45) is 0 Å². The van der Waals surface area contributed by atoms with Crippen LogP contribution >= 0.6 is 27.5 Å². The monoisotopic (exact) mass is 366 g/mol. The first-order chi connectivity index (χ1) is 9.95. The van der Waals surface area contributed by atoms with E-state index in [9.17, 15) is 4.79 Å². The number of halogens is 2. The lowest BCUT2D eigenvalue weighted by atomic mass is 10.1. The highest BCUT2D eigenvalue weighted by Crippen LogP contribution is 2.27. The molecule has 0 saturated heterocycles. The molecule has 0 radical (unpaired) electrons. The van der Waals surface area contributed by atoms with Crippen LogP contribution in [0.1, 0.15) is 23.1 Å². The van der Waals surface area contributed by atoms with Gasteiger partial charge in [0.05, 0.1) is 0 Å². The summed E-state index contributed by atoms with van der Waals surface area (Å²) >= 11 is 9.35. The van der Waals surface area contributed by atoms with Crippen molar-refractivity contribution in [1.29, 1.82) is 0 Å². The third-order valence-electron chi connectivity index (χ3n) is 3.15. The molecule has 0 N–H and O–H groups in total. The van der Waals surface area contributed by atoms with Gasteiger partial charge >= 0.3 is 5.97 Å². The number of aryl methyl sites for hydroxylation is 3. The van der Waals surface area contributed by atoms with Gasteiger partial charge in [-0.1, -0.05) is 39.7 Å². The molecule has 0 spiro atoms. The predicted octanol–water partition coefficient (Wildman–Crippen LogP) is 5.26. The lowest BCUT2D eigenvalue weighted by Crippen LogP contribution is -2.10. The largest absolute Gasteiger partial charge is 0.426 e. The minimum absolute atomic E-state index is 0.233. The van der Waals surface area contributed by atoms with Gasteiger partial charge in [-0.15, -0.1) is 0 Å². The maximum atomic E-state index is 12.0. The van der Waals surface area contributed by atoms with E-state index in [-0.39, 0.29) is 5.97 Å². The van der Waals surface area contributed by atoms with Crippen molar-refractivity contribution in [3.63, 3.8) is 0 Å². The van der Waals surface area contributed by atoms with Crippen LogP contribution in [0.4, 0.5) is 0 Å². The average molecular weight is 368 g/mol. The fourth-order valence-electron chi connectivity index (χ4n) is 2.16. The average Bonchev–Trinajstić information content (AvgIpc) is 2.40. The topological polar surface area (TPSA) is 26.3 Å². The quantitative estimate of drug-likeness (QED) is 0.544. The second kappa shape index (κ2) is 7.10. The summed E-state index contributed by atoms with van der Waals surface area (Å²) in [5, 5.41) is 0.681. The number of ether oxygens (including phenoxy) is 1. The molecule has 2 aromatic rings. The first kappa shape index (κ1) is 16.1. The Balaban J connectivity index is 1.99. The number of esters is 1. The highest BCUT2D eigenvalue weighted by molar-refractivity contribution is 9.10. The molecular weight excluding hydrogens is 352 g/mol. The van der Waals surface area contributed by atoms with Crippen molar-refractivity contribution in [1.82, 2.24) is 0 Å². The zero-order valence-corrected chi connectivity index (χ0v) is 14.3. The molecule has 0 aliphatic carbocycles. The Morgan fingerprint density at radius 1 is 1.19 bits per heavy atom. The van der Waals surface area contributed by atoms with E-state index in [1.54, 1.807) is 0 Å². The molecule has 2 aromatic carbocycles. The number of hydrogen-bond donors (Lipinski definition) is 0. The van der Waals surface area contributed by atoms with Gasteiger partial charge in [0.15, 0.2) is 0 Å². The molecule has 0 aromatic heterocycles. The van der Waals surface area contributed by atoms with Crippen LogP contribution in [-0.2, 0) is 11.2 Å². The molecule has 4 heteroatoms. The van der Waals surface area contributed by atoms with Crippen LogP contribution in [-0.4, -0.2) is 5.97 Å². The van der Waals surface area contributed by atoms with Gasteiger partial charge in [-0.25, -0.2) is 0 Å². The Morgan fingerprint density at radius 2 is 1.86 bits per heavy atom. The Hall–Kier alpha value is -1.32. The van der Waals surface area contributed by atoms with Crippen LogP contribution in [0.25, 0.3) is 0 Å². The standard InChI is InChI=1S/C17H16BrClO2/c1-11-8-14(18)9-12(2)17(11)21-16(20)7-6-13-4-3-5-15(19)10-13/h3-5,8-10H,6-7H2,1-2H3. The highest BCUT2D eigenvalue weighted by atomic mass is 79.9. The summed E-state index contributed by atoms with van der Waals surface area (Å²) in [6.45, 7) is 3.86. The summed E-state index contributed by atoms with van der Waals surface area (Å²) in [5.74, 6) is 0.415. The van der Waals surface area contributed by atoms with Crippen molar-refractivity contribution in [3.8, 4) is 5.75 Å². The molecule has 0 atom stereocenters. The van der Waals surface area contributed by atoms with E-state index in [0.29, 0.717) is 23.6 Å². The zero-order chi connectivity index (χ0) is 15.4. The van der Waals surface area contributed by atoms with Gasteiger partial charge in [-0.05, 0) is 61.2 Å². The molecule has 0 unspecified atom stereocenters. The van der Waals surface area contributed by atoms with Gasteiger partial charge in [0, 0.05) is 15.9 Å². The summed E-state index contributed by atoms with van der Waals surface area (Å²) < 4.78 is 6.47. The Labute approximate surface area is 138 Å². The van der Waals surface area contributed by atoms with Crippen LogP contribution in [0.3, 0.4) is 0 Å². The number of benzene rings is 2. The highest BCUT2D eigenvalue weighted by Gasteiger charge is 2.11. The summed E-state index contributed by atoms with van der Waals surface area (Å²) in [6, 6.07) is 11.4. The second-order valence-electron chi connectivity index (χ2n) is 4.97. The van der Waals surface area contributed by atoms with E-state index in [1.165, 1.54) is 0 Å². The Morgan fingerprint density at radius 3 is 2.48 bits per heavy atom. The summed E-state index contributed by atoms with van der Waals surface area (Å²) in [7, 11) is 0. The van der Waals surface area contributed by atoms with E-state index in [2.05, 4.69) is 15.9 Å². The van der Waals surface area contributed by atoms with Crippen LogP contribution in [0.5, 0.6) is 5.75 Å². The third-order valence-corrected chi connectivity index (χ3v) is 3.84. The van der Waals surface area contributed by atoms with Gasteiger partial charge in [0.25, 0.3) is 0 Å². The number of hydrogen-bond acceptors (Lipinski definition) is 2. The van der Waals surface area contributed by atoms with Gasteiger partial charge in [0.2, 0.25) is 0 Å². The fraction of sp³-hybridized carbons (Fsp3) is 0.235. The fourth-order valence-corrected chi connectivity index (χ4v) is 3.06. The zero-order valence-electron chi connectivity index (χ0n) is 12.0. The smallest absolute Gasteiger partial charge is 0.311 e. The van der Waals surface area contributed by atoms with Crippen molar-refractivity contribution in [2.45, 2.75) is 26.7 Å². The predicted molar refractivity (Wildman–Crippen MR) is 89.0 cm³/mol.